The van der Waals surface area contributed by atoms with E-state index in [2.05, 4.69) is 16.0 Å². The third-order valence-electron chi connectivity index (χ3n) is 5.24. The lowest BCUT2D eigenvalue weighted by Crippen LogP contribution is -2.44. The van der Waals surface area contributed by atoms with E-state index in [-0.39, 0.29) is 11.9 Å². The largest absolute Gasteiger partial charge is 0.334 e. The minimum absolute atomic E-state index is 0.0545. The van der Waals surface area contributed by atoms with Gasteiger partial charge in [0.05, 0.1) is 0 Å². The molecule has 0 radical (unpaired) electrons. The molecule has 1 atom stereocenters. The van der Waals surface area contributed by atoms with Crippen molar-refractivity contribution in [2.75, 3.05) is 6.54 Å². The van der Waals surface area contributed by atoms with Gasteiger partial charge in [-0.05, 0) is 62.8 Å². The third kappa shape index (κ3) is 3.34. The number of carbonyl (C=O) groups is 1. The fraction of sp³-hybridized carbons (Fsp3) is 0.381. The van der Waals surface area contributed by atoms with Crippen LogP contribution in [-0.4, -0.2) is 37.8 Å². The van der Waals surface area contributed by atoms with Gasteiger partial charge in [-0.3, -0.25) is 9.78 Å². The number of piperidine rings is 1. The summed E-state index contributed by atoms with van der Waals surface area (Å²) in [5.41, 5.74) is 3.58. The summed E-state index contributed by atoms with van der Waals surface area (Å²) in [6.07, 6.45) is 10.8. The Labute approximate surface area is 153 Å². The highest BCUT2D eigenvalue weighted by atomic mass is 16.2. The van der Waals surface area contributed by atoms with Crippen molar-refractivity contribution >= 4 is 11.6 Å². The fourth-order valence-corrected chi connectivity index (χ4v) is 3.83. The van der Waals surface area contributed by atoms with E-state index in [1.165, 1.54) is 6.42 Å². The minimum atomic E-state index is 0.0545. The number of pyridine rings is 2. The zero-order valence-electron chi connectivity index (χ0n) is 15.1. The van der Waals surface area contributed by atoms with Gasteiger partial charge in [0, 0.05) is 36.9 Å². The van der Waals surface area contributed by atoms with Crippen molar-refractivity contribution in [3.63, 3.8) is 0 Å². The summed E-state index contributed by atoms with van der Waals surface area (Å²) >= 11 is 0. The molecule has 3 aromatic heterocycles. The van der Waals surface area contributed by atoms with Crippen molar-refractivity contribution in [1.82, 2.24) is 19.3 Å². The normalized spacial score (nSPS) is 17.6. The molecular formula is C21H24N4O. The average Bonchev–Trinajstić information content (AvgIpc) is 3.13. The maximum absolute atomic E-state index is 13.1. The molecule has 3 aromatic rings. The molecule has 1 aliphatic rings. The number of aryl methyl sites for hydroxylation is 2. The van der Waals surface area contributed by atoms with Crippen LogP contribution in [0.3, 0.4) is 0 Å². The summed E-state index contributed by atoms with van der Waals surface area (Å²) in [6.45, 7) is 2.84. The molecule has 1 amide bonds. The van der Waals surface area contributed by atoms with E-state index >= 15 is 0 Å². The number of fused-ring (bicyclic) bond motifs is 1. The first-order valence-corrected chi connectivity index (χ1v) is 9.37. The molecule has 134 valence electrons. The van der Waals surface area contributed by atoms with Gasteiger partial charge in [-0.2, -0.15) is 0 Å². The number of aromatic nitrogens is 3. The molecule has 4 heterocycles. The van der Waals surface area contributed by atoms with Gasteiger partial charge in [0.1, 0.15) is 11.3 Å². The number of hydrogen-bond acceptors (Lipinski definition) is 3. The molecule has 5 nitrogen and oxygen atoms in total. The predicted molar refractivity (Wildman–Crippen MR) is 101 cm³/mol. The number of amides is 1. The Morgan fingerprint density at radius 1 is 1.23 bits per heavy atom. The molecule has 0 aliphatic carbocycles. The third-order valence-corrected chi connectivity index (χ3v) is 5.24. The molecular weight excluding hydrogens is 324 g/mol. The van der Waals surface area contributed by atoms with E-state index < -0.39 is 0 Å². The van der Waals surface area contributed by atoms with Crippen LogP contribution in [0.5, 0.6) is 0 Å². The van der Waals surface area contributed by atoms with E-state index in [1.54, 1.807) is 0 Å². The van der Waals surface area contributed by atoms with E-state index in [0.717, 1.165) is 49.1 Å². The second kappa shape index (κ2) is 7.28. The molecule has 0 spiro atoms. The van der Waals surface area contributed by atoms with Crippen LogP contribution < -0.4 is 0 Å². The van der Waals surface area contributed by atoms with Crippen molar-refractivity contribution in [3.05, 3.63) is 65.9 Å². The van der Waals surface area contributed by atoms with Crippen LogP contribution in [0.25, 0.3) is 5.65 Å². The summed E-state index contributed by atoms with van der Waals surface area (Å²) in [4.78, 5) is 24.2. The zero-order valence-corrected chi connectivity index (χ0v) is 15.1. The van der Waals surface area contributed by atoms with Gasteiger partial charge in [0.2, 0.25) is 0 Å². The zero-order chi connectivity index (χ0) is 17.9. The lowest BCUT2D eigenvalue weighted by Gasteiger charge is -2.35. The summed E-state index contributed by atoms with van der Waals surface area (Å²) < 4.78 is 1.94. The molecule has 0 aromatic carbocycles. The van der Waals surface area contributed by atoms with Gasteiger partial charge < -0.3 is 9.30 Å². The van der Waals surface area contributed by atoms with Gasteiger partial charge in [0.15, 0.2) is 0 Å². The number of likely N-dealkylation sites (tertiary alicyclic amines) is 1. The highest BCUT2D eigenvalue weighted by Gasteiger charge is 2.28. The Morgan fingerprint density at radius 2 is 2.15 bits per heavy atom. The molecule has 4 rings (SSSR count). The molecule has 0 saturated carbocycles. The van der Waals surface area contributed by atoms with Crippen LogP contribution in [0, 0.1) is 6.92 Å². The van der Waals surface area contributed by atoms with Crippen LogP contribution in [0.2, 0.25) is 0 Å². The molecule has 1 saturated heterocycles. The average molecular weight is 348 g/mol. The van der Waals surface area contributed by atoms with Crippen molar-refractivity contribution in [2.24, 2.45) is 0 Å². The van der Waals surface area contributed by atoms with E-state index in [1.807, 2.05) is 59.1 Å². The monoisotopic (exact) mass is 348 g/mol. The second-order valence-corrected chi connectivity index (χ2v) is 7.06. The lowest BCUT2D eigenvalue weighted by molar-refractivity contribution is 0.0596. The molecule has 0 bridgehead atoms. The van der Waals surface area contributed by atoms with Crippen molar-refractivity contribution in [3.8, 4) is 0 Å². The van der Waals surface area contributed by atoms with Crippen molar-refractivity contribution in [2.45, 2.75) is 45.1 Å². The second-order valence-electron chi connectivity index (χ2n) is 7.06. The van der Waals surface area contributed by atoms with E-state index in [9.17, 15) is 4.79 Å². The molecule has 5 heteroatoms. The quantitative estimate of drug-likeness (QED) is 0.723. The van der Waals surface area contributed by atoms with Gasteiger partial charge in [-0.25, -0.2) is 4.98 Å². The standard InChI is InChI=1S/C21H24N4O/c1-16-7-6-13-24-15-19(23-20(16)24)21(26)25-14-5-3-9-18(25)11-10-17-8-2-4-12-22-17/h2,4,6-8,12-13,15,18H,3,5,9-11,14H2,1H3. The number of carbonyl (C=O) groups excluding carboxylic acids is 1. The summed E-state index contributed by atoms with van der Waals surface area (Å²) in [5, 5.41) is 0. The number of nitrogens with zero attached hydrogens (tertiary/aromatic N) is 4. The highest BCUT2D eigenvalue weighted by Crippen LogP contribution is 2.23. The molecule has 1 aliphatic heterocycles. The summed E-state index contributed by atoms with van der Waals surface area (Å²) in [5.74, 6) is 0.0545. The smallest absolute Gasteiger partial charge is 0.274 e. The fourth-order valence-electron chi connectivity index (χ4n) is 3.83. The molecule has 1 fully saturated rings. The Morgan fingerprint density at radius 3 is 2.96 bits per heavy atom. The van der Waals surface area contributed by atoms with Crippen LogP contribution >= 0.6 is 0 Å². The van der Waals surface area contributed by atoms with Crippen LogP contribution in [0.4, 0.5) is 0 Å². The molecule has 26 heavy (non-hydrogen) atoms. The highest BCUT2D eigenvalue weighted by molar-refractivity contribution is 5.93. The first-order chi connectivity index (χ1) is 12.7. The lowest BCUT2D eigenvalue weighted by atomic mass is 9.96. The first kappa shape index (κ1) is 16.8. The van der Waals surface area contributed by atoms with Gasteiger partial charge in [0.25, 0.3) is 5.91 Å². The Kier molecular flexibility index (Phi) is 4.69. The maximum Gasteiger partial charge on any atom is 0.274 e. The van der Waals surface area contributed by atoms with Gasteiger partial charge >= 0.3 is 0 Å². The minimum Gasteiger partial charge on any atom is -0.334 e. The Bertz CT molecular complexity index is 903. The van der Waals surface area contributed by atoms with Gasteiger partial charge in [-0.15, -0.1) is 0 Å². The predicted octanol–water partition coefficient (Wildman–Crippen LogP) is 3.67. The summed E-state index contributed by atoms with van der Waals surface area (Å²) in [6, 6.07) is 10.3. The Balaban J connectivity index is 1.52. The van der Waals surface area contributed by atoms with Crippen molar-refractivity contribution in [1.29, 1.82) is 0 Å². The van der Waals surface area contributed by atoms with Crippen molar-refractivity contribution < 1.29 is 4.79 Å². The maximum atomic E-state index is 13.1. The number of hydrogen-bond donors (Lipinski definition) is 0. The van der Waals surface area contributed by atoms with E-state index in [4.69, 9.17) is 0 Å². The van der Waals surface area contributed by atoms with Crippen LogP contribution in [0.1, 0.15) is 47.4 Å². The van der Waals surface area contributed by atoms with Crippen LogP contribution in [-0.2, 0) is 6.42 Å². The molecule has 0 N–H and O–H groups in total. The van der Waals surface area contributed by atoms with Crippen LogP contribution in [0.15, 0.2) is 48.9 Å². The first-order valence-electron chi connectivity index (χ1n) is 9.37. The van der Waals surface area contributed by atoms with E-state index in [0.29, 0.717) is 5.69 Å². The molecule has 1 unspecified atom stereocenters. The Hall–Kier alpha value is -2.69. The van der Waals surface area contributed by atoms with Gasteiger partial charge in [-0.1, -0.05) is 12.1 Å². The topological polar surface area (TPSA) is 50.5 Å². The summed E-state index contributed by atoms with van der Waals surface area (Å²) in [7, 11) is 0. The number of imidazole rings is 1. The SMILES string of the molecule is Cc1cccn2cc(C(=O)N3CCCCC3CCc3ccccn3)nc12. The number of rotatable bonds is 4.